The van der Waals surface area contributed by atoms with Crippen LogP contribution in [0.1, 0.15) is 11.3 Å². The van der Waals surface area contributed by atoms with Crippen LogP contribution in [0, 0.1) is 19.7 Å². The van der Waals surface area contributed by atoms with Crippen molar-refractivity contribution in [2.24, 2.45) is 0 Å². The van der Waals surface area contributed by atoms with E-state index in [1.54, 1.807) is 56.3 Å². The van der Waals surface area contributed by atoms with Gasteiger partial charge in [-0.15, -0.1) is 0 Å². The summed E-state index contributed by atoms with van der Waals surface area (Å²) in [4.78, 5) is 43.5. The van der Waals surface area contributed by atoms with Gasteiger partial charge >= 0.3 is 5.69 Å². The molecule has 1 amide bonds. The molecule has 0 bridgehead atoms. The van der Waals surface area contributed by atoms with Crippen LogP contribution in [0.5, 0.6) is 0 Å². The molecular formula is C23H19FN4O3. The maximum Gasteiger partial charge on any atom is 0.337 e. The van der Waals surface area contributed by atoms with Gasteiger partial charge in [-0.05, 0) is 49.7 Å². The van der Waals surface area contributed by atoms with Crippen LogP contribution in [0.4, 0.5) is 10.1 Å². The van der Waals surface area contributed by atoms with Crippen molar-refractivity contribution in [1.29, 1.82) is 0 Å². The fourth-order valence-electron chi connectivity index (χ4n) is 3.52. The Bertz CT molecular complexity index is 1420. The van der Waals surface area contributed by atoms with Gasteiger partial charge in [-0.1, -0.05) is 30.3 Å². The van der Waals surface area contributed by atoms with Gasteiger partial charge in [-0.25, -0.2) is 23.3 Å². The number of nitrogens with one attached hydrogen (secondary N) is 1. The summed E-state index contributed by atoms with van der Waals surface area (Å²) in [6.45, 7) is 2.96. The predicted molar refractivity (Wildman–Crippen MR) is 116 cm³/mol. The number of aryl methyl sites for hydroxylation is 2. The fourth-order valence-corrected chi connectivity index (χ4v) is 3.52. The number of amides is 1. The lowest BCUT2D eigenvalue weighted by molar-refractivity contribution is -0.116. The van der Waals surface area contributed by atoms with E-state index >= 15 is 0 Å². The highest BCUT2D eigenvalue weighted by molar-refractivity contribution is 5.91. The number of halogens is 1. The minimum absolute atomic E-state index is 0.0294. The summed E-state index contributed by atoms with van der Waals surface area (Å²) >= 11 is 0. The normalized spacial score (nSPS) is 10.9. The number of hydrogen-bond acceptors (Lipinski definition) is 4. The molecule has 0 unspecified atom stereocenters. The Labute approximate surface area is 176 Å². The van der Waals surface area contributed by atoms with Gasteiger partial charge in [0, 0.05) is 5.69 Å². The van der Waals surface area contributed by atoms with E-state index in [2.05, 4.69) is 10.3 Å². The number of fused-ring (bicyclic) bond motifs is 1. The first-order chi connectivity index (χ1) is 14.9. The second-order valence-electron chi connectivity index (χ2n) is 7.15. The molecule has 2 aromatic carbocycles. The molecular weight excluding hydrogens is 399 g/mol. The molecule has 8 heteroatoms. The van der Waals surface area contributed by atoms with Crippen molar-refractivity contribution in [3.05, 3.63) is 98.6 Å². The maximum atomic E-state index is 13.9. The third-order valence-corrected chi connectivity index (χ3v) is 4.88. The lowest BCUT2D eigenvalue weighted by atomic mass is 10.1. The molecule has 4 aromatic rings. The SMILES string of the molecule is Cc1cc(C)c2c(=O)n(CC(=O)Nc3ccccc3F)c(=O)n(-c3ccccc3)c2n1. The van der Waals surface area contributed by atoms with Crippen LogP contribution in [0.2, 0.25) is 0 Å². The Morgan fingerprint density at radius 3 is 2.42 bits per heavy atom. The minimum Gasteiger partial charge on any atom is -0.322 e. The van der Waals surface area contributed by atoms with Crippen LogP contribution in [0.3, 0.4) is 0 Å². The van der Waals surface area contributed by atoms with Crippen molar-refractivity contribution in [2.75, 3.05) is 5.32 Å². The zero-order valence-corrected chi connectivity index (χ0v) is 16.9. The van der Waals surface area contributed by atoms with Crippen LogP contribution >= 0.6 is 0 Å². The molecule has 0 saturated carbocycles. The van der Waals surface area contributed by atoms with Gasteiger partial charge in [0.25, 0.3) is 5.56 Å². The monoisotopic (exact) mass is 418 g/mol. The molecule has 0 radical (unpaired) electrons. The molecule has 31 heavy (non-hydrogen) atoms. The Morgan fingerprint density at radius 2 is 1.71 bits per heavy atom. The van der Waals surface area contributed by atoms with Crippen molar-refractivity contribution in [3.63, 3.8) is 0 Å². The fraction of sp³-hybridized carbons (Fsp3) is 0.130. The van der Waals surface area contributed by atoms with Crippen LogP contribution in [0.15, 0.2) is 70.3 Å². The van der Waals surface area contributed by atoms with Gasteiger partial charge < -0.3 is 5.32 Å². The van der Waals surface area contributed by atoms with E-state index in [-0.39, 0.29) is 16.7 Å². The van der Waals surface area contributed by atoms with Gasteiger partial charge in [0.15, 0.2) is 5.65 Å². The molecule has 0 saturated heterocycles. The van der Waals surface area contributed by atoms with E-state index in [1.807, 2.05) is 0 Å². The molecule has 4 rings (SSSR count). The Kier molecular flexibility index (Phi) is 5.21. The highest BCUT2D eigenvalue weighted by Crippen LogP contribution is 2.17. The number of nitrogens with zero attached hydrogens (tertiary/aromatic N) is 3. The number of benzene rings is 2. The second kappa shape index (κ2) is 7.98. The summed E-state index contributed by atoms with van der Waals surface area (Å²) < 4.78 is 16.0. The zero-order chi connectivity index (χ0) is 22.1. The molecule has 7 nitrogen and oxygen atoms in total. The Balaban J connectivity index is 1.90. The number of rotatable bonds is 4. The number of carbonyl (C=O) groups is 1. The number of hydrogen-bond donors (Lipinski definition) is 1. The highest BCUT2D eigenvalue weighted by atomic mass is 19.1. The molecule has 2 aromatic heterocycles. The molecule has 0 atom stereocenters. The van der Waals surface area contributed by atoms with Crippen LogP contribution in [0.25, 0.3) is 16.7 Å². The van der Waals surface area contributed by atoms with E-state index in [1.165, 1.54) is 22.8 Å². The van der Waals surface area contributed by atoms with Gasteiger partial charge in [0.05, 0.1) is 16.8 Å². The molecule has 0 aliphatic carbocycles. The number of carbonyl (C=O) groups excluding carboxylic acids is 1. The van der Waals surface area contributed by atoms with Crippen LogP contribution in [-0.4, -0.2) is 20.0 Å². The quantitative estimate of drug-likeness (QED) is 0.552. The van der Waals surface area contributed by atoms with Gasteiger partial charge in [-0.2, -0.15) is 0 Å². The summed E-state index contributed by atoms with van der Waals surface area (Å²) in [6.07, 6.45) is 0. The molecule has 1 N–H and O–H groups in total. The number of para-hydroxylation sites is 2. The molecule has 0 fully saturated rings. The van der Waals surface area contributed by atoms with Crippen molar-refractivity contribution in [1.82, 2.24) is 14.1 Å². The van der Waals surface area contributed by atoms with Crippen molar-refractivity contribution >= 4 is 22.6 Å². The summed E-state index contributed by atoms with van der Waals surface area (Å²) in [6, 6.07) is 16.2. The first kappa shape index (κ1) is 20.2. The molecule has 2 heterocycles. The summed E-state index contributed by atoms with van der Waals surface area (Å²) in [5.74, 6) is -1.31. The van der Waals surface area contributed by atoms with E-state index in [4.69, 9.17) is 0 Å². The van der Waals surface area contributed by atoms with Crippen molar-refractivity contribution in [2.45, 2.75) is 20.4 Å². The van der Waals surface area contributed by atoms with E-state index in [9.17, 15) is 18.8 Å². The topological polar surface area (TPSA) is 86.0 Å². The number of anilines is 1. The van der Waals surface area contributed by atoms with Crippen LogP contribution < -0.4 is 16.6 Å². The zero-order valence-electron chi connectivity index (χ0n) is 16.9. The molecule has 0 spiro atoms. The summed E-state index contributed by atoms with van der Waals surface area (Å²) in [5, 5.41) is 2.65. The summed E-state index contributed by atoms with van der Waals surface area (Å²) in [7, 11) is 0. The third kappa shape index (κ3) is 3.75. The van der Waals surface area contributed by atoms with Crippen LogP contribution in [-0.2, 0) is 11.3 Å². The average Bonchev–Trinajstić information content (AvgIpc) is 2.73. The van der Waals surface area contributed by atoms with Crippen molar-refractivity contribution in [3.8, 4) is 5.69 Å². The maximum absolute atomic E-state index is 13.9. The average molecular weight is 418 g/mol. The molecule has 0 aliphatic rings. The van der Waals surface area contributed by atoms with Gasteiger partial charge in [-0.3, -0.25) is 9.59 Å². The van der Waals surface area contributed by atoms with Gasteiger partial charge in [0.2, 0.25) is 5.91 Å². The Morgan fingerprint density at radius 1 is 1.03 bits per heavy atom. The Hall–Kier alpha value is -4.07. The van der Waals surface area contributed by atoms with Crippen molar-refractivity contribution < 1.29 is 9.18 Å². The lowest BCUT2D eigenvalue weighted by Gasteiger charge is -2.15. The third-order valence-electron chi connectivity index (χ3n) is 4.88. The van der Waals surface area contributed by atoms with E-state index in [0.717, 1.165) is 4.57 Å². The minimum atomic E-state index is -0.704. The van der Waals surface area contributed by atoms with E-state index < -0.39 is 29.5 Å². The first-order valence-corrected chi connectivity index (χ1v) is 9.60. The molecule has 0 aliphatic heterocycles. The highest BCUT2D eigenvalue weighted by Gasteiger charge is 2.19. The standard InChI is InChI=1S/C23H19FN4O3/c1-14-12-15(2)25-21-20(14)22(30)27(23(31)28(21)16-8-4-3-5-9-16)13-19(29)26-18-11-7-6-10-17(18)24/h3-12H,13H2,1-2H3,(H,26,29). The smallest absolute Gasteiger partial charge is 0.322 e. The predicted octanol–water partition coefficient (Wildman–Crippen LogP) is 2.94. The first-order valence-electron chi connectivity index (χ1n) is 9.60. The largest absolute Gasteiger partial charge is 0.337 e. The summed E-state index contributed by atoms with van der Waals surface area (Å²) in [5.41, 5.74) is 0.677. The van der Waals surface area contributed by atoms with Gasteiger partial charge in [0.1, 0.15) is 12.4 Å². The number of aromatic nitrogens is 3. The lowest BCUT2D eigenvalue weighted by Crippen LogP contribution is -2.42. The molecule has 156 valence electrons. The van der Waals surface area contributed by atoms with E-state index in [0.29, 0.717) is 16.9 Å². The number of pyridine rings is 1. The second-order valence-corrected chi connectivity index (χ2v) is 7.15.